The lowest BCUT2D eigenvalue weighted by atomic mass is 10.4. The molecule has 0 nitrogen and oxygen atoms in total. The fourth-order valence-corrected chi connectivity index (χ4v) is 12.0. The van der Waals surface area contributed by atoms with Crippen LogP contribution in [-0.4, -0.2) is 30.4 Å². The molecule has 0 N–H and O–H groups in total. The molecule has 1 rings (SSSR count). The summed E-state index contributed by atoms with van der Waals surface area (Å²) in [4.78, 5) is 0. The second-order valence-electron chi connectivity index (χ2n) is 9.32. The maximum Gasteiger partial charge on any atom is 0.155 e. The van der Waals surface area contributed by atoms with Gasteiger partial charge in [-0.3, -0.25) is 0 Å². The van der Waals surface area contributed by atoms with Crippen molar-refractivity contribution < 1.29 is 0 Å². The van der Waals surface area contributed by atoms with Gasteiger partial charge in [-0.2, -0.15) is 0 Å². The van der Waals surface area contributed by atoms with Crippen LogP contribution in [0.25, 0.3) is 0 Å². The molecule has 0 aliphatic carbocycles. The molecule has 1 aromatic carbocycles. The number of benzene rings is 1. The van der Waals surface area contributed by atoms with Gasteiger partial charge in [0, 0.05) is 7.59 Å². The topological polar surface area (TPSA) is 0 Å². The van der Waals surface area contributed by atoms with E-state index in [9.17, 15) is 0 Å². The first-order chi connectivity index (χ1) is 10.3. The zero-order valence-electron chi connectivity index (χ0n) is 16.5. The molecule has 0 bridgehead atoms. The van der Waals surface area contributed by atoms with Crippen LogP contribution in [-0.2, 0) is 0 Å². The molecule has 23 heavy (non-hydrogen) atoms. The van der Waals surface area contributed by atoms with E-state index in [2.05, 4.69) is 112 Å². The molecule has 0 aromatic heterocycles. The van der Waals surface area contributed by atoms with Gasteiger partial charge in [-0.25, -0.2) is 0 Å². The third-order valence-corrected chi connectivity index (χ3v) is 38.0. The Labute approximate surface area is 148 Å². The zero-order chi connectivity index (χ0) is 17.9. The number of rotatable bonds is 4. The Bertz CT molecular complexity index is 607. The van der Waals surface area contributed by atoms with E-state index in [0.717, 1.165) is 0 Å². The smallest absolute Gasteiger partial charge is 0.124 e. The molecule has 1 unspecified atom stereocenters. The van der Waals surface area contributed by atoms with Gasteiger partial charge >= 0.3 is 0 Å². The molecule has 0 saturated carbocycles. The lowest BCUT2D eigenvalue weighted by Gasteiger charge is -2.34. The van der Waals surface area contributed by atoms with Crippen LogP contribution in [0.5, 0.6) is 0 Å². The minimum absolute atomic E-state index is 1.08. The minimum atomic E-state index is -1.72. The predicted octanol–water partition coefficient (Wildman–Crippen LogP) is 5.15. The molecule has 1 aromatic rings. The molecular formula is C19H34Si4. The first kappa shape index (κ1) is 20.4. The van der Waals surface area contributed by atoms with Crippen LogP contribution in [0, 0.1) is 11.5 Å². The monoisotopic (exact) mass is 374 g/mol. The third kappa shape index (κ3) is 4.93. The SMILES string of the molecule is C[Si](C)(C)[Si](C)(C)/C=C/C#C[Si](C)(c1ccccc1)[Si](C)(C)C. The van der Waals surface area contributed by atoms with Crippen LogP contribution in [0.1, 0.15) is 0 Å². The first-order valence-corrected chi connectivity index (χ1v) is 23.1. The highest BCUT2D eigenvalue weighted by molar-refractivity contribution is 7.48. The van der Waals surface area contributed by atoms with Crippen LogP contribution in [0.15, 0.2) is 42.1 Å². The highest BCUT2D eigenvalue weighted by Gasteiger charge is 2.42. The second kappa shape index (κ2) is 7.10. The molecule has 0 amide bonds. The van der Waals surface area contributed by atoms with Crippen LogP contribution < -0.4 is 5.19 Å². The van der Waals surface area contributed by atoms with Crippen molar-refractivity contribution >= 4 is 35.6 Å². The Hall–Kier alpha value is -0.612. The highest BCUT2D eigenvalue weighted by atomic mass is 29.3. The Morgan fingerprint density at radius 1 is 0.739 bits per heavy atom. The molecule has 0 aliphatic rings. The fraction of sp³-hybridized carbons (Fsp3) is 0.474. The van der Waals surface area contributed by atoms with Crippen molar-refractivity contribution in [1.29, 1.82) is 0 Å². The normalized spacial score (nSPS) is 15.9. The molecule has 0 fully saturated rings. The van der Waals surface area contributed by atoms with Gasteiger partial charge < -0.3 is 0 Å². The molecule has 0 aliphatic heterocycles. The summed E-state index contributed by atoms with van der Waals surface area (Å²) >= 11 is 0. The van der Waals surface area contributed by atoms with Crippen molar-refractivity contribution in [2.75, 3.05) is 0 Å². The van der Waals surface area contributed by atoms with Crippen molar-refractivity contribution in [3.8, 4) is 11.5 Å². The second-order valence-corrected chi connectivity index (χ2v) is 41.0. The molecule has 4 heteroatoms. The molecule has 126 valence electrons. The summed E-state index contributed by atoms with van der Waals surface area (Å²) in [5.41, 5.74) is 6.26. The summed E-state index contributed by atoms with van der Waals surface area (Å²) in [6.07, 6.45) is 2.19. The van der Waals surface area contributed by atoms with Gasteiger partial charge in [0.25, 0.3) is 0 Å². The van der Waals surface area contributed by atoms with E-state index in [0.29, 0.717) is 0 Å². The molecule has 0 spiro atoms. The van der Waals surface area contributed by atoms with Gasteiger partial charge in [0.15, 0.2) is 7.59 Å². The van der Waals surface area contributed by atoms with E-state index >= 15 is 0 Å². The summed E-state index contributed by atoms with van der Waals surface area (Å²) in [5, 5.41) is 1.50. The Balaban J connectivity index is 3.17. The van der Waals surface area contributed by atoms with E-state index in [1.807, 2.05) is 0 Å². The third-order valence-electron chi connectivity index (χ3n) is 5.69. The fourth-order valence-electron chi connectivity index (χ4n) is 2.15. The average molecular weight is 375 g/mol. The molecule has 0 saturated heterocycles. The van der Waals surface area contributed by atoms with Crippen molar-refractivity contribution in [2.24, 2.45) is 0 Å². The van der Waals surface area contributed by atoms with Gasteiger partial charge in [0.05, 0.1) is 15.2 Å². The van der Waals surface area contributed by atoms with Crippen LogP contribution >= 0.6 is 0 Å². The minimum Gasteiger partial charge on any atom is -0.124 e. The summed E-state index contributed by atoms with van der Waals surface area (Å²) in [6, 6.07) is 11.0. The quantitative estimate of drug-likeness (QED) is 0.505. The van der Waals surface area contributed by atoms with Gasteiger partial charge in [0.2, 0.25) is 0 Å². The van der Waals surface area contributed by atoms with Crippen LogP contribution in [0.3, 0.4) is 0 Å². The Morgan fingerprint density at radius 2 is 1.26 bits per heavy atom. The Kier molecular flexibility index (Phi) is 6.31. The lowest BCUT2D eigenvalue weighted by molar-refractivity contribution is 1.72. The van der Waals surface area contributed by atoms with Crippen molar-refractivity contribution in [3.05, 3.63) is 42.1 Å². The van der Waals surface area contributed by atoms with Crippen molar-refractivity contribution in [2.45, 2.75) is 58.9 Å². The molecule has 0 radical (unpaired) electrons. The van der Waals surface area contributed by atoms with E-state index in [4.69, 9.17) is 0 Å². The lowest BCUT2D eigenvalue weighted by Crippen LogP contribution is -2.62. The summed E-state index contributed by atoms with van der Waals surface area (Å²) in [6.45, 7) is 22.3. The van der Waals surface area contributed by atoms with E-state index in [1.54, 1.807) is 0 Å². The summed E-state index contributed by atoms with van der Waals surface area (Å²) in [7, 11) is -5.37. The number of hydrogen-bond acceptors (Lipinski definition) is 0. The summed E-state index contributed by atoms with van der Waals surface area (Å²) in [5.74, 6) is 3.48. The molecular weight excluding hydrogens is 341 g/mol. The van der Waals surface area contributed by atoms with Gasteiger partial charge in [-0.05, 0) is 11.3 Å². The van der Waals surface area contributed by atoms with Gasteiger partial charge in [-0.1, -0.05) is 101 Å². The maximum absolute atomic E-state index is 3.78. The number of allylic oxidation sites excluding steroid dienone is 1. The van der Waals surface area contributed by atoms with Gasteiger partial charge in [-0.15, -0.1) is 5.54 Å². The van der Waals surface area contributed by atoms with Crippen molar-refractivity contribution in [3.63, 3.8) is 0 Å². The van der Waals surface area contributed by atoms with E-state index < -0.39 is 30.4 Å². The average Bonchev–Trinajstić information content (AvgIpc) is 2.42. The first-order valence-electron chi connectivity index (χ1n) is 8.57. The van der Waals surface area contributed by atoms with Crippen molar-refractivity contribution in [1.82, 2.24) is 0 Å². The molecule has 0 heterocycles. The largest absolute Gasteiger partial charge is 0.155 e. The summed E-state index contributed by atoms with van der Waals surface area (Å²) < 4.78 is 0. The maximum atomic E-state index is 3.78. The van der Waals surface area contributed by atoms with Gasteiger partial charge in [0.1, 0.15) is 0 Å². The van der Waals surface area contributed by atoms with E-state index in [-0.39, 0.29) is 0 Å². The van der Waals surface area contributed by atoms with Crippen LogP contribution in [0.4, 0.5) is 0 Å². The standard InChI is InChI=1S/C19H34Si4/c1-20(2,3)22(7,8)17-13-14-18-23(9,21(4,5)6)19-15-11-10-12-16-19/h10-13,15-17H,1-9H3/b17-13+. The number of hydrogen-bond donors (Lipinski definition) is 0. The highest BCUT2D eigenvalue weighted by Crippen LogP contribution is 2.20. The predicted molar refractivity (Wildman–Crippen MR) is 119 cm³/mol. The Morgan fingerprint density at radius 3 is 1.70 bits per heavy atom. The zero-order valence-corrected chi connectivity index (χ0v) is 20.5. The molecule has 1 atom stereocenters. The van der Waals surface area contributed by atoms with Crippen LogP contribution in [0.2, 0.25) is 58.9 Å². The van der Waals surface area contributed by atoms with E-state index in [1.165, 1.54) is 5.19 Å².